The van der Waals surface area contributed by atoms with Gasteiger partial charge >= 0.3 is 12.1 Å². The fourth-order valence-electron chi connectivity index (χ4n) is 3.42. The Labute approximate surface area is 146 Å². The summed E-state index contributed by atoms with van der Waals surface area (Å²) in [5, 5.41) is 9.18. The molecule has 2 atom stereocenters. The normalized spacial score (nSPS) is 25.4. The van der Waals surface area contributed by atoms with Crippen LogP contribution in [0.2, 0.25) is 0 Å². The van der Waals surface area contributed by atoms with E-state index >= 15 is 0 Å². The van der Waals surface area contributed by atoms with Crippen LogP contribution < -0.4 is 10.5 Å². The number of nitrogens with two attached hydrogens (primary N) is 1. The molecule has 1 aromatic carbocycles. The van der Waals surface area contributed by atoms with Crippen LogP contribution in [-0.4, -0.2) is 46.4 Å². The van der Waals surface area contributed by atoms with Crippen molar-refractivity contribution in [3.05, 3.63) is 29.3 Å². The lowest BCUT2D eigenvalue weighted by Crippen LogP contribution is -2.46. The van der Waals surface area contributed by atoms with Gasteiger partial charge in [0.25, 0.3) is 0 Å². The summed E-state index contributed by atoms with van der Waals surface area (Å²) in [5.41, 5.74) is 6.09. The molecule has 1 saturated heterocycles. The van der Waals surface area contributed by atoms with Crippen molar-refractivity contribution in [3.8, 4) is 5.75 Å². The quantitative estimate of drug-likeness (QED) is 0.808. The number of fused-ring (bicyclic) bond motifs is 1. The number of rotatable bonds is 1. The largest absolute Gasteiger partial charge is 0.485 e. The SMILES string of the molecule is CC(C)(C)OC(=O)N1CCC2(CC(N)c3ccc(C(=O)O)cc3O2)C1. The van der Waals surface area contributed by atoms with Gasteiger partial charge in [-0.2, -0.15) is 0 Å². The predicted octanol–water partition coefficient (Wildman–Crippen LogP) is 2.55. The van der Waals surface area contributed by atoms with Crippen LogP contribution in [-0.2, 0) is 4.74 Å². The van der Waals surface area contributed by atoms with Crippen LogP contribution in [0.5, 0.6) is 5.75 Å². The zero-order valence-electron chi connectivity index (χ0n) is 14.7. The van der Waals surface area contributed by atoms with Gasteiger partial charge in [0.05, 0.1) is 12.1 Å². The maximum Gasteiger partial charge on any atom is 0.410 e. The molecule has 1 spiro atoms. The average Bonchev–Trinajstić information content (AvgIpc) is 2.88. The van der Waals surface area contributed by atoms with Crippen LogP contribution in [0.1, 0.15) is 55.6 Å². The molecule has 0 bridgehead atoms. The number of likely N-dealkylation sites (tertiary alicyclic amines) is 1. The first-order valence-corrected chi connectivity index (χ1v) is 8.38. The van der Waals surface area contributed by atoms with Crippen molar-refractivity contribution in [2.75, 3.05) is 13.1 Å². The Morgan fingerprint density at radius 2 is 2.12 bits per heavy atom. The molecule has 1 aromatic rings. The molecule has 136 valence electrons. The molecule has 3 rings (SSSR count). The zero-order chi connectivity index (χ0) is 18.4. The van der Waals surface area contributed by atoms with Gasteiger partial charge in [0.2, 0.25) is 0 Å². The molecule has 2 aliphatic rings. The van der Waals surface area contributed by atoms with Crippen molar-refractivity contribution in [2.45, 2.75) is 50.9 Å². The van der Waals surface area contributed by atoms with E-state index in [1.165, 1.54) is 12.1 Å². The third-order valence-electron chi connectivity index (χ3n) is 4.55. The van der Waals surface area contributed by atoms with Crippen molar-refractivity contribution in [3.63, 3.8) is 0 Å². The lowest BCUT2D eigenvalue weighted by molar-refractivity contribution is 0.0144. The summed E-state index contributed by atoms with van der Waals surface area (Å²) >= 11 is 0. The molecular formula is C18H24N2O5. The van der Waals surface area contributed by atoms with Gasteiger partial charge in [0, 0.05) is 31.0 Å². The lowest BCUT2D eigenvalue weighted by atomic mass is 9.86. The minimum absolute atomic E-state index is 0.157. The summed E-state index contributed by atoms with van der Waals surface area (Å²) in [6.45, 7) is 6.39. The van der Waals surface area contributed by atoms with Gasteiger partial charge in [0.1, 0.15) is 17.0 Å². The van der Waals surface area contributed by atoms with Crippen LogP contribution >= 0.6 is 0 Å². The summed E-state index contributed by atoms with van der Waals surface area (Å²) in [4.78, 5) is 25.1. The van der Waals surface area contributed by atoms with Gasteiger partial charge in [0.15, 0.2) is 0 Å². The number of ether oxygens (including phenoxy) is 2. The molecule has 1 fully saturated rings. The first kappa shape index (κ1) is 17.5. The highest BCUT2D eigenvalue weighted by Crippen LogP contribution is 2.43. The summed E-state index contributed by atoms with van der Waals surface area (Å²) < 4.78 is 11.6. The Hall–Kier alpha value is -2.28. The Morgan fingerprint density at radius 1 is 1.40 bits per heavy atom. The Bertz CT molecular complexity index is 712. The fraction of sp³-hybridized carbons (Fsp3) is 0.556. The van der Waals surface area contributed by atoms with Crippen molar-refractivity contribution in [2.24, 2.45) is 5.73 Å². The average molecular weight is 348 g/mol. The van der Waals surface area contributed by atoms with Gasteiger partial charge in [-0.15, -0.1) is 0 Å². The highest BCUT2D eigenvalue weighted by atomic mass is 16.6. The van der Waals surface area contributed by atoms with Crippen LogP contribution in [0.15, 0.2) is 18.2 Å². The van der Waals surface area contributed by atoms with Gasteiger partial charge in [-0.05, 0) is 32.9 Å². The Kier molecular flexibility index (Phi) is 4.15. The summed E-state index contributed by atoms with van der Waals surface area (Å²) in [6.07, 6.45) is 0.842. The van der Waals surface area contributed by atoms with Crippen molar-refractivity contribution in [1.82, 2.24) is 4.90 Å². The van der Waals surface area contributed by atoms with Crippen molar-refractivity contribution < 1.29 is 24.2 Å². The van der Waals surface area contributed by atoms with E-state index in [-0.39, 0.29) is 17.7 Å². The second kappa shape index (κ2) is 5.91. The second-order valence-corrected chi connectivity index (χ2v) is 7.81. The number of aromatic carboxylic acids is 1. The standard InChI is InChI=1S/C18H24N2O5/c1-17(2,3)25-16(23)20-7-6-18(10-20)9-13(19)12-5-4-11(15(21)22)8-14(12)24-18/h4-5,8,13H,6-7,9-10,19H2,1-3H3,(H,21,22). The molecule has 0 aromatic heterocycles. The highest BCUT2D eigenvalue weighted by Gasteiger charge is 2.47. The molecule has 2 unspecified atom stereocenters. The molecule has 2 heterocycles. The molecular weight excluding hydrogens is 324 g/mol. The zero-order valence-corrected chi connectivity index (χ0v) is 14.7. The van der Waals surface area contributed by atoms with Gasteiger partial charge < -0.3 is 25.2 Å². The van der Waals surface area contributed by atoms with Crippen molar-refractivity contribution in [1.29, 1.82) is 0 Å². The van der Waals surface area contributed by atoms with E-state index in [9.17, 15) is 14.7 Å². The van der Waals surface area contributed by atoms with Crippen LogP contribution in [0, 0.1) is 0 Å². The third kappa shape index (κ3) is 3.56. The lowest BCUT2D eigenvalue weighted by Gasteiger charge is -2.38. The predicted molar refractivity (Wildman–Crippen MR) is 90.7 cm³/mol. The molecule has 1 amide bonds. The van der Waals surface area contributed by atoms with Crippen LogP contribution in [0.4, 0.5) is 4.79 Å². The molecule has 0 radical (unpaired) electrons. The van der Waals surface area contributed by atoms with Gasteiger partial charge in [-0.25, -0.2) is 9.59 Å². The van der Waals surface area contributed by atoms with E-state index in [0.717, 1.165) is 5.56 Å². The monoisotopic (exact) mass is 348 g/mol. The molecule has 2 aliphatic heterocycles. The van der Waals surface area contributed by atoms with E-state index < -0.39 is 17.2 Å². The van der Waals surface area contributed by atoms with Crippen LogP contribution in [0.3, 0.4) is 0 Å². The molecule has 0 saturated carbocycles. The number of carboxylic acid groups (broad SMARTS) is 1. The fourth-order valence-corrected chi connectivity index (χ4v) is 3.42. The van der Waals surface area contributed by atoms with E-state index in [1.807, 2.05) is 20.8 Å². The number of hydrogen-bond acceptors (Lipinski definition) is 5. The number of hydrogen-bond donors (Lipinski definition) is 2. The second-order valence-electron chi connectivity index (χ2n) is 7.81. The number of carbonyl (C=O) groups excluding carboxylic acids is 1. The highest BCUT2D eigenvalue weighted by molar-refractivity contribution is 5.88. The maximum absolute atomic E-state index is 12.3. The Morgan fingerprint density at radius 3 is 2.76 bits per heavy atom. The number of benzene rings is 1. The first-order valence-electron chi connectivity index (χ1n) is 8.38. The van der Waals surface area contributed by atoms with E-state index in [2.05, 4.69) is 0 Å². The maximum atomic E-state index is 12.3. The number of carboxylic acids is 1. The third-order valence-corrected chi connectivity index (χ3v) is 4.55. The Balaban J connectivity index is 1.80. The van der Waals surface area contributed by atoms with Crippen molar-refractivity contribution >= 4 is 12.1 Å². The molecule has 7 nitrogen and oxygen atoms in total. The molecule has 7 heteroatoms. The molecule has 25 heavy (non-hydrogen) atoms. The number of carbonyl (C=O) groups is 2. The summed E-state index contributed by atoms with van der Waals surface area (Å²) in [5.74, 6) is -0.522. The molecule has 0 aliphatic carbocycles. The van der Waals surface area contributed by atoms with E-state index in [0.29, 0.717) is 31.7 Å². The van der Waals surface area contributed by atoms with Gasteiger partial charge in [-0.3, -0.25) is 0 Å². The minimum Gasteiger partial charge on any atom is -0.485 e. The summed E-state index contributed by atoms with van der Waals surface area (Å²) in [6, 6.07) is 4.49. The van der Waals surface area contributed by atoms with Crippen LogP contribution in [0.25, 0.3) is 0 Å². The van der Waals surface area contributed by atoms with Gasteiger partial charge in [-0.1, -0.05) is 6.07 Å². The molecule has 3 N–H and O–H groups in total. The first-order chi connectivity index (χ1) is 11.6. The smallest absolute Gasteiger partial charge is 0.410 e. The van der Waals surface area contributed by atoms with E-state index in [1.54, 1.807) is 11.0 Å². The topological polar surface area (TPSA) is 102 Å². The van der Waals surface area contributed by atoms with E-state index in [4.69, 9.17) is 15.2 Å². The number of amides is 1. The minimum atomic E-state index is -1.01. The number of nitrogens with zero attached hydrogens (tertiary/aromatic N) is 1. The summed E-state index contributed by atoms with van der Waals surface area (Å²) in [7, 11) is 0.